The molecule has 0 amide bonds. The molecule has 0 saturated carbocycles. The van der Waals surface area contributed by atoms with Crippen LogP contribution in [0.5, 0.6) is 0 Å². The van der Waals surface area contributed by atoms with Crippen molar-refractivity contribution in [3.8, 4) is 0 Å². The SMILES string of the molecule is O=Cc1c(N2CCCOCC2)nc2sccn12. The largest absolute Gasteiger partial charge is 0.380 e. The van der Waals surface area contributed by atoms with E-state index in [2.05, 4.69) is 9.88 Å². The van der Waals surface area contributed by atoms with Crippen molar-refractivity contribution < 1.29 is 9.53 Å². The smallest absolute Gasteiger partial charge is 0.196 e. The first-order valence-corrected chi connectivity index (χ1v) is 6.51. The molecule has 2 aromatic heterocycles. The Morgan fingerprint density at radius 1 is 1.41 bits per heavy atom. The highest BCUT2D eigenvalue weighted by Crippen LogP contribution is 2.24. The minimum absolute atomic E-state index is 0.642. The molecule has 0 atom stereocenters. The normalized spacial score (nSPS) is 17.3. The van der Waals surface area contributed by atoms with E-state index in [-0.39, 0.29) is 0 Å². The number of anilines is 1. The third-order valence-electron chi connectivity index (χ3n) is 2.91. The van der Waals surface area contributed by atoms with Gasteiger partial charge in [0.2, 0.25) is 0 Å². The van der Waals surface area contributed by atoms with E-state index in [0.717, 1.165) is 43.2 Å². The second kappa shape index (κ2) is 4.46. The first-order valence-electron chi connectivity index (χ1n) is 5.63. The van der Waals surface area contributed by atoms with Gasteiger partial charge in [-0.15, -0.1) is 11.3 Å². The van der Waals surface area contributed by atoms with E-state index in [1.54, 1.807) is 11.3 Å². The molecule has 0 bridgehead atoms. The van der Waals surface area contributed by atoms with E-state index in [1.165, 1.54) is 0 Å². The number of thiazole rings is 1. The zero-order valence-electron chi connectivity index (χ0n) is 9.33. The predicted molar refractivity (Wildman–Crippen MR) is 66.1 cm³/mol. The highest BCUT2D eigenvalue weighted by Gasteiger charge is 2.19. The molecule has 2 aromatic rings. The van der Waals surface area contributed by atoms with Gasteiger partial charge in [-0.1, -0.05) is 0 Å². The van der Waals surface area contributed by atoms with Gasteiger partial charge in [0.25, 0.3) is 0 Å². The maximum atomic E-state index is 11.2. The number of rotatable bonds is 2. The van der Waals surface area contributed by atoms with Crippen molar-refractivity contribution in [2.75, 3.05) is 31.2 Å². The van der Waals surface area contributed by atoms with Crippen LogP contribution in [0.3, 0.4) is 0 Å². The van der Waals surface area contributed by atoms with Crippen LogP contribution < -0.4 is 4.90 Å². The minimum Gasteiger partial charge on any atom is -0.380 e. The van der Waals surface area contributed by atoms with Crippen LogP contribution in [0.25, 0.3) is 4.96 Å². The first-order chi connectivity index (χ1) is 8.40. The van der Waals surface area contributed by atoms with E-state index in [0.29, 0.717) is 12.3 Å². The fourth-order valence-electron chi connectivity index (χ4n) is 2.09. The van der Waals surface area contributed by atoms with Crippen LogP contribution in [0.1, 0.15) is 16.9 Å². The molecule has 6 heteroatoms. The zero-order chi connectivity index (χ0) is 11.7. The molecular formula is C11H13N3O2S. The van der Waals surface area contributed by atoms with Crippen LogP contribution in [0.15, 0.2) is 11.6 Å². The van der Waals surface area contributed by atoms with Crippen LogP contribution in [0, 0.1) is 0 Å². The second-order valence-electron chi connectivity index (χ2n) is 3.95. The van der Waals surface area contributed by atoms with Gasteiger partial charge in [0.1, 0.15) is 5.69 Å². The van der Waals surface area contributed by atoms with Crippen LogP contribution in [-0.4, -0.2) is 42.0 Å². The standard InChI is InChI=1S/C11H13N3O2S/c15-8-9-10(12-11-14(9)4-7-17-11)13-2-1-5-16-6-3-13/h4,7-8H,1-3,5-6H2. The van der Waals surface area contributed by atoms with Crippen molar-refractivity contribution in [3.05, 3.63) is 17.3 Å². The van der Waals surface area contributed by atoms with Crippen molar-refractivity contribution >= 4 is 28.4 Å². The van der Waals surface area contributed by atoms with Crippen LogP contribution >= 0.6 is 11.3 Å². The van der Waals surface area contributed by atoms with Gasteiger partial charge >= 0.3 is 0 Å². The van der Waals surface area contributed by atoms with Crippen molar-refractivity contribution in [2.45, 2.75) is 6.42 Å². The molecule has 1 fully saturated rings. The summed E-state index contributed by atoms with van der Waals surface area (Å²) in [6.45, 7) is 3.18. The molecule has 17 heavy (non-hydrogen) atoms. The fourth-order valence-corrected chi connectivity index (χ4v) is 2.81. The van der Waals surface area contributed by atoms with Crippen molar-refractivity contribution in [1.29, 1.82) is 0 Å². The van der Waals surface area contributed by atoms with E-state index in [9.17, 15) is 4.79 Å². The predicted octanol–water partition coefficient (Wildman–Crippen LogP) is 1.44. The van der Waals surface area contributed by atoms with Crippen molar-refractivity contribution in [2.24, 2.45) is 0 Å². The fraction of sp³-hybridized carbons (Fsp3) is 0.455. The molecule has 0 aliphatic carbocycles. The average Bonchev–Trinajstić information content (AvgIpc) is 2.80. The van der Waals surface area contributed by atoms with Crippen LogP contribution in [-0.2, 0) is 4.74 Å². The molecule has 90 valence electrons. The van der Waals surface area contributed by atoms with Gasteiger partial charge in [-0.3, -0.25) is 9.20 Å². The number of carbonyl (C=O) groups is 1. The molecule has 3 rings (SSSR count). The Kier molecular flexibility index (Phi) is 2.82. The molecule has 1 saturated heterocycles. The summed E-state index contributed by atoms with van der Waals surface area (Å²) in [7, 11) is 0. The van der Waals surface area contributed by atoms with E-state index >= 15 is 0 Å². The number of carbonyl (C=O) groups excluding carboxylic acids is 1. The van der Waals surface area contributed by atoms with Crippen molar-refractivity contribution in [1.82, 2.24) is 9.38 Å². The summed E-state index contributed by atoms with van der Waals surface area (Å²) in [5, 5.41) is 1.94. The topological polar surface area (TPSA) is 46.8 Å². The van der Waals surface area contributed by atoms with Crippen LogP contribution in [0.4, 0.5) is 5.82 Å². The van der Waals surface area contributed by atoms with Gasteiger partial charge < -0.3 is 9.64 Å². The highest BCUT2D eigenvalue weighted by molar-refractivity contribution is 7.15. The lowest BCUT2D eigenvalue weighted by atomic mass is 10.3. The Bertz CT molecular complexity index is 526. The second-order valence-corrected chi connectivity index (χ2v) is 4.82. The number of hydrogen-bond donors (Lipinski definition) is 0. The lowest BCUT2D eigenvalue weighted by Crippen LogP contribution is -2.27. The van der Waals surface area contributed by atoms with E-state index in [4.69, 9.17) is 4.74 Å². The Balaban J connectivity index is 2.02. The number of hydrogen-bond acceptors (Lipinski definition) is 5. The maximum Gasteiger partial charge on any atom is 0.196 e. The molecular weight excluding hydrogens is 238 g/mol. The number of fused-ring (bicyclic) bond motifs is 1. The lowest BCUT2D eigenvalue weighted by molar-refractivity contribution is 0.111. The molecule has 0 unspecified atom stereocenters. The third-order valence-corrected chi connectivity index (χ3v) is 3.67. The molecule has 3 heterocycles. The monoisotopic (exact) mass is 251 g/mol. The van der Waals surface area contributed by atoms with Gasteiger partial charge in [0, 0.05) is 31.3 Å². The van der Waals surface area contributed by atoms with Gasteiger partial charge in [0.05, 0.1) is 6.61 Å². The number of nitrogens with zero attached hydrogens (tertiary/aromatic N) is 3. The average molecular weight is 251 g/mol. The lowest BCUT2D eigenvalue weighted by Gasteiger charge is -2.19. The summed E-state index contributed by atoms with van der Waals surface area (Å²) < 4.78 is 7.26. The maximum absolute atomic E-state index is 11.2. The molecule has 0 radical (unpaired) electrons. The van der Waals surface area contributed by atoms with Gasteiger partial charge in [0.15, 0.2) is 17.1 Å². The highest BCUT2D eigenvalue weighted by atomic mass is 32.1. The van der Waals surface area contributed by atoms with Crippen molar-refractivity contribution in [3.63, 3.8) is 0 Å². The molecule has 5 nitrogen and oxygen atoms in total. The Labute approximate surface area is 103 Å². The Morgan fingerprint density at radius 2 is 2.35 bits per heavy atom. The molecule has 0 spiro atoms. The number of ether oxygens (including phenoxy) is 1. The quantitative estimate of drug-likeness (QED) is 0.758. The summed E-state index contributed by atoms with van der Waals surface area (Å²) in [6.07, 6.45) is 3.74. The summed E-state index contributed by atoms with van der Waals surface area (Å²) in [6, 6.07) is 0. The summed E-state index contributed by atoms with van der Waals surface area (Å²) in [4.78, 5) is 18.7. The third kappa shape index (κ3) is 1.83. The number of aromatic nitrogens is 2. The van der Waals surface area contributed by atoms with E-state index in [1.807, 2.05) is 16.0 Å². The summed E-state index contributed by atoms with van der Waals surface area (Å²) in [5.41, 5.74) is 0.642. The molecule has 0 N–H and O–H groups in total. The number of aldehydes is 1. The Hall–Kier alpha value is -1.40. The molecule has 0 aromatic carbocycles. The van der Waals surface area contributed by atoms with E-state index < -0.39 is 0 Å². The minimum atomic E-state index is 0.642. The summed E-state index contributed by atoms with van der Waals surface area (Å²) >= 11 is 1.54. The van der Waals surface area contributed by atoms with Gasteiger partial charge in [-0.25, -0.2) is 4.98 Å². The Morgan fingerprint density at radius 3 is 3.24 bits per heavy atom. The van der Waals surface area contributed by atoms with Gasteiger partial charge in [-0.05, 0) is 6.42 Å². The summed E-state index contributed by atoms with van der Waals surface area (Å²) in [5.74, 6) is 0.789. The molecule has 1 aliphatic heterocycles. The van der Waals surface area contributed by atoms with Crippen LogP contribution in [0.2, 0.25) is 0 Å². The first kappa shape index (κ1) is 10.7. The molecule has 1 aliphatic rings. The number of imidazole rings is 1. The van der Waals surface area contributed by atoms with Gasteiger partial charge in [-0.2, -0.15) is 0 Å². The zero-order valence-corrected chi connectivity index (χ0v) is 10.2.